The van der Waals surface area contributed by atoms with Gasteiger partial charge in [0.15, 0.2) is 0 Å². The van der Waals surface area contributed by atoms with Crippen molar-refractivity contribution >= 4 is 38.8 Å². The third-order valence-corrected chi connectivity index (χ3v) is 5.21. The quantitative estimate of drug-likeness (QED) is 0.281. The molecule has 1 heterocycles. The molecule has 3 rings (SSSR count). The highest BCUT2D eigenvalue weighted by atomic mass is 79.9. The molecule has 0 radical (unpaired) electrons. The minimum atomic E-state index is -1.26. The summed E-state index contributed by atoms with van der Waals surface area (Å²) in [6.45, 7) is 6.05. The molecule has 2 aromatic carbocycles. The lowest BCUT2D eigenvalue weighted by atomic mass is 10.1. The van der Waals surface area contributed by atoms with Gasteiger partial charge >= 0.3 is 11.9 Å². The molecular formula is C26H28BrN3O5. The van der Waals surface area contributed by atoms with Gasteiger partial charge < -0.3 is 14.9 Å². The molecule has 0 unspecified atom stereocenters. The maximum Gasteiger partial charge on any atom is 0.328 e. The van der Waals surface area contributed by atoms with Crippen LogP contribution in [0, 0.1) is 0 Å². The number of carboxylic acid groups (broad SMARTS) is 2. The van der Waals surface area contributed by atoms with E-state index in [9.17, 15) is 9.59 Å². The Bertz CT molecular complexity index is 1200. The van der Waals surface area contributed by atoms with Crippen molar-refractivity contribution < 1.29 is 24.5 Å². The van der Waals surface area contributed by atoms with Crippen molar-refractivity contribution in [3.8, 4) is 17.0 Å². The van der Waals surface area contributed by atoms with Crippen LogP contribution in [0.3, 0.4) is 0 Å². The highest BCUT2D eigenvalue weighted by molar-refractivity contribution is 9.10. The van der Waals surface area contributed by atoms with Crippen LogP contribution in [0.5, 0.6) is 5.75 Å². The van der Waals surface area contributed by atoms with Crippen molar-refractivity contribution in [3.63, 3.8) is 0 Å². The lowest BCUT2D eigenvalue weighted by molar-refractivity contribution is -0.134. The fraction of sp³-hybridized carbons (Fsp3) is 0.192. The monoisotopic (exact) mass is 541 g/mol. The van der Waals surface area contributed by atoms with Crippen LogP contribution >= 0.6 is 15.9 Å². The lowest BCUT2D eigenvalue weighted by Gasteiger charge is -2.10. The molecule has 8 nitrogen and oxygen atoms in total. The summed E-state index contributed by atoms with van der Waals surface area (Å²) in [6.07, 6.45) is 7.17. The smallest absolute Gasteiger partial charge is 0.328 e. The molecule has 0 saturated heterocycles. The molecule has 0 bridgehead atoms. The summed E-state index contributed by atoms with van der Waals surface area (Å²) in [5.41, 5.74) is 3.14. The first-order valence-corrected chi connectivity index (χ1v) is 11.4. The normalized spacial score (nSPS) is 11.1. The van der Waals surface area contributed by atoms with E-state index in [-0.39, 0.29) is 0 Å². The van der Waals surface area contributed by atoms with Crippen LogP contribution in [0.1, 0.15) is 0 Å². The van der Waals surface area contributed by atoms with E-state index in [1.54, 1.807) is 0 Å². The van der Waals surface area contributed by atoms with Gasteiger partial charge in [0.1, 0.15) is 18.1 Å². The molecule has 1 aromatic heterocycles. The van der Waals surface area contributed by atoms with Crippen LogP contribution in [0.4, 0.5) is 0 Å². The van der Waals surface area contributed by atoms with Crippen molar-refractivity contribution in [1.29, 1.82) is 0 Å². The maximum absolute atomic E-state index is 9.55. The van der Waals surface area contributed by atoms with Gasteiger partial charge in [-0.1, -0.05) is 46.3 Å². The molecule has 184 valence electrons. The SMILES string of the molecule is C=CCN(C)C/C=C/COc1ccc2c(-c3ccc(Br)cc3)nn(C)c2c1.O=C(O)/C=C/C(=O)O. The number of fused-ring (bicyclic) bond motifs is 1. The molecule has 35 heavy (non-hydrogen) atoms. The summed E-state index contributed by atoms with van der Waals surface area (Å²) < 4.78 is 8.83. The van der Waals surface area contributed by atoms with E-state index in [2.05, 4.69) is 58.7 Å². The van der Waals surface area contributed by atoms with Crippen molar-refractivity contribution in [2.24, 2.45) is 7.05 Å². The predicted molar refractivity (Wildman–Crippen MR) is 141 cm³/mol. The minimum Gasteiger partial charge on any atom is -0.489 e. The number of aromatic nitrogens is 2. The average molecular weight is 542 g/mol. The minimum absolute atomic E-state index is 0.546. The Hall–Kier alpha value is -3.69. The van der Waals surface area contributed by atoms with E-state index in [1.165, 1.54) is 0 Å². The standard InChI is InChI=1S/C22H24BrN3O.C4H4O4/c1-4-13-25(2)14-5-6-15-27-19-11-12-20-21(16-19)26(3)24-22(20)17-7-9-18(23)10-8-17;5-3(6)1-2-4(7)8/h4-12,16H,1,13-15H2,2-3H3;1-2H,(H,5,6)(H,7,8)/b6-5+;2-1+. The van der Waals surface area contributed by atoms with Gasteiger partial charge in [-0.05, 0) is 31.3 Å². The van der Waals surface area contributed by atoms with E-state index < -0.39 is 11.9 Å². The number of carbonyl (C=O) groups is 2. The van der Waals surface area contributed by atoms with Crippen molar-refractivity contribution in [3.05, 3.63) is 83.9 Å². The van der Waals surface area contributed by atoms with Crippen LogP contribution in [0.2, 0.25) is 0 Å². The molecule has 9 heteroatoms. The van der Waals surface area contributed by atoms with Gasteiger partial charge in [0.05, 0.1) is 5.52 Å². The number of carboxylic acids is 2. The van der Waals surface area contributed by atoms with Crippen molar-refractivity contribution in [2.45, 2.75) is 0 Å². The van der Waals surface area contributed by atoms with Gasteiger partial charge in [-0.3, -0.25) is 9.58 Å². The number of aliphatic carboxylic acids is 2. The molecule has 3 aromatic rings. The number of likely N-dealkylation sites (N-methyl/N-ethyl adjacent to an activating group) is 1. The Labute approximate surface area is 212 Å². The van der Waals surface area contributed by atoms with E-state index in [1.807, 2.05) is 48.1 Å². The molecule has 0 spiro atoms. The number of rotatable bonds is 10. The van der Waals surface area contributed by atoms with Crippen LogP contribution in [-0.4, -0.2) is 63.6 Å². The molecule has 0 aliphatic carbocycles. The van der Waals surface area contributed by atoms with Crippen LogP contribution in [0.15, 0.2) is 83.9 Å². The highest BCUT2D eigenvalue weighted by Gasteiger charge is 2.11. The second kappa shape index (κ2) is 13.9. The molecule has 0 saturated carbocycles. The summed E-state index contributed by atoms with van der Waals surface area (Å²) in [5.74, 6) is -1.67. The van der Waals surface area contributed by atoms with Gasteiger partial charge in [0, 0.05) is 53.8 Å². The molecule has 2 N–H and O–H groups in total. The summed E-state index contributed by atoms with van der Waals surface area (Å²) in [4.78, 5) is 21.3. The van der Waals surface area contributed by atoms with E-state index in [0.29, 0.717) is 18.8 Å². The fourth-order valence-electron chi connectivity index (χ4n) is 3.05. The first-order valence-electron chi connectivity index (χ1n) is 10.6. The third kappa shape index (κ3) is 9.23. The largest absolute Gasteiger partial charge is 0.489 e. The van der Waals surface area contributed by atoms with E-state index >= 15 is 0 Å². The second-order valence-electron chi connectivity index (χ2n) is 7.46. The number of nitrogens with zero attached hydrogens (tertiary/aromatic N) is 3. The van der Waals surface area contributed by atoms with Crippen LogP contribution in [0.25, 0.3) is 22.2 Å². The fourth-order valence-corrected chi connectivity index (χ4v) is 3.32. The zero-order valence-electron chi connectivity index (χ0n) is 19.6. The Morgan fingerprint density at radius 3 is 2.34 bits per heavy atom. The number of aryl methyl sites for hydroxylation is 1. The summed E-state index contributed by atoms with van der Waals surface area (Å²) in [6, 6.07) is 14.3. The Morgan fingerprint density at radius 2 is 1.74 bits per heavy atom. The number of hydrogen-bond acceptors (Lipinski definition) is 5. The van der Waals surface area contributed by atoms with Gasteiger partial charge in [0.2, 0.25) is 0 Å². The number of ether oxygens (including phenoxy) is 1. The van der Waals surface area contributed by atoms with Crippen LogP contribution < -0.4 is 4.74 Å². The summed E-state index contributed by atoms with van der Waals surface area (Å²) in [5, 5.41) is 21.4. The first-order chi connectivity index (χ1) is 16.7. The summed E-state index contributed by atoms with van der Waals surface area (Å²) >= 11 is 3.48. The molecule has 0 atom stereocenters. The Morgan fingerprint density at radius 1 is 1.09 bits per heavy atom. The Balaban J connectivity index is 0.000000466. The molecule has 0 fully saturated rings. The van der Waals surface area contributed by atoms with Crippen molar-refractivity contribution in [2.75, 3.05) is 26.7 Å². The molecule has 0 aliphatic heterocycles. The summed E-state index contributed by atoms with van der Waals surface area (Å²) in [7, 11) is 4.02. The topological polar surface area (TPSA) is 105 Å². The highest BCUT2D eigenvalue weighted by Crippen LogP contribution is 2.30. The number of benzene rings is 2. The first kappa shape index (κ1) is 27.6. The number of hydrogen-bond donors (Lipinski definition) is 2. The zero-order valence-corrected chi connectivity index (χ0v) is 21.2. The lowest BCUT2D eigenvalue weighted by Crippen LogP contribution is -2.17. The predicted octanol–water partition coefficient (Wildman–Crippen LogP) is 4.77. The van der Waals surface area contributed by atoms with E-state index in [4.69, 9.17) is 20.0 Å². The van der Waals surface area contributed by atoms with Crippen molar-refractivity contribution in [1.82, 2.24) is 14.7 Å². The average Bonchev–Trinajstić information content (AvgIpc) is 3.14. The van der Waals surface area contributed by atoms with E-state index in [0.717, 1.165) is 45.5 Å². The third-order valence-electron chi connectivity index (χ3n) is 4.68. The molecule has 0 aliphatic rings. The van der Waals surface area contributed by atoms with Gasteiger partial charge in [-0.25, -0.2) is 9.59 Å². The molecular weight excluding hydrogens is 514 g/mol. The number of halogens is 1. The maximum atomic E-state index is 9.55. The zero-order chi connectivity index (χ0) is 25.8. The van der Waals surface area contributed by atoms with Gasteiger partial charge in [0.25, 0.3) is 0 Å². The van der Waals surface area contributed by atoms with Crippen LogP contribution in [-0.2, 0) is 16.6 Å². The Kier molecular flexibility index (Phi) is 10.9. The molecule has 0 amide bonds. The van der Waals surface area contributed by atoms with Gasteiger partial charge in [-0.2, -0.15) is 5.10 Å². The second-order valence-corrected chi connectivity index (χ2v) is 8.38. The van der Waals surface area contributed by atoms with Gasteiger partial charge in [-0.15, -0.1) is 6.58 Å².